The van der Waals surface area contributed by atoms with Crippen LogP contribution in [-0.4, -0.2) is 51.4 Å². The summed E-state index contributed by atoms with van der Waals surface area (Å²) in [7, 11) is -1.72. The van der Waals surface area contributed by atoms with Crippen molar-refractivity contribution in [2.24, 2.45) is 7.05 Å². The number of piperidine rings is 1. The number of hydrogen-bond acceptors (Lipinski definition) is 6. The molecule has 1 saturated heterocycles. The van der Waals surface area contributed by atoms with Crippen molar-refractivity contribution in [3.8, 4) is 0 Å². The highest BCUT2D eigenvalue weighted by molar-refractivity contribution is 7.89. The molecule has 26 heavy (non-hydrogen) atoms. The topological polar surface area (TPSA) is 93.0 Å². The molecule has 1 N–H and O–H groups in total. The summed E-state index contributed by atoms with van der Waals surface area (Å²) in [6.45, 7) is 6.87. The third-order valence-corrected chi connectivity index (χ3v) is 6.39. The van der Waals surface area contributed by atoms with E-state index >= 15 is 0 Å². The Balaban J connectivity index is 1.66. The standard InChI is InChI=1S/C17H26N6O2S/c1-12(2)17-21-16(10-22(17)4)26(24,25)23-7-5-14(6-8-23)20-15-9-13(3)18-11-19-15/h9-12,14H,5-8H2,1-4H3,(H,18,19,20). The van der Waals surface area contributed by atoms with E-state index in [0.29, 0.717) is 13.1 Å². The summed E-state index contributed by atoms with van der Waals surface area (Å²) in [4.78, 5) is 12.6. The van der Waals surface area contributed by atoms with Crippen molar-refractivity contribution < 1.29 is 8.42 Å². The van der Waals surface area contributed by atoms with Crippen LogP contribution in [0.1, 0.15) is 44.1 Å². The van der Waals surface area contributed by atoms with Gasteiger partial charge in [0.15, 0.2) is 5.03 Å². The molecule has 0 atom stereocenters. The first kappa shape index (κ1) is 18.8. The number of nitrogens with one attached hydrogen (secondary N) is 1. The van der Waals surface area contributed by atoms with Crippen LogP contribution in [0.4, 0.5) is 5.82 Å². The number of rotatable bonds is 5. The summed E-state index contributed by atoms with van der Waals surface area (Å²) in [5, 5.41) is 3.51. The number of imidazole rings is 1. The molecule has 2 aromatic heterocycles. The fourth-order valence-corrected chi connectivity index (χ4v) is 4.68. The maximum Gasteiger partial charge on any atom is 0.262 e. The molecule has 0 amide bonds. The first-order chi connectivity index (χ1) is 12.3. The summed E-state index contributed by atoms with van der Waals surface area (Å²) >= 11 is 0. The highest BCUT2D eigenvalue weighted by Crippen LogP contribution is 2.23. The molecule has 0 aliphatic carbocycles. The van der Waals surface area contributed by atoms with E-state index in [2.05, 4.69) is 20.3 Å². The first-order valence-corrected chi connectivity index (χ1v) is 10.3. The Morgan fingerprint density at radius 1 is 1.23 bits per heavy atom. The van der Waals surface area contributed by atoms with E-state index in [1.807, 2.05) is 33.9 Å². The minimum atomic E-state index is -3.55. The zero-order valence-electron chi connectivity index (χ0n) is 15.7. The minimum Gasteiger partial charge on any atom is -0.367 e. The molecular formula is C17H26N6O2S. The van der Waals surface area contributed by atoms with E-state index in [4.69, 9.17) is 0 Å². The van der Waals surface area contributed by atoms with Crippen LogP contribution in [0.15, 0.2) is 23.6 Å². The molecule has 0 unspecified atom stereocenters. The van der Waals surface area contributed by atoms with Crippen LogP contribution in [0.2, 0.25) is 0 Å². The second-order valence-electron chi connectivity index (χ2n) is 7.07. The zero-order valence-corrected chi connectivity index (χ0v) is 16.5. The van der Waals surface area contributed by atoms with Crippen molar-refractivity contribution >= 4 is 15.8 Å². The van der Waals surface area contributed by atoms with Crippen LogP contribution < -0.4 is 5.32 Å². The van der Waals surface area contributed by atoms with E-state index < -0.39 is 10.0 Å². The highest BCUT2D eigenvalue weighted by atomic mass is 32.2. The molecule has 0 bridgehead atoms. The van der Waals surface area contributed by atoms with Gasteiger partial charge >= 0.3 is 0 Å². The van der Waals surface area contributed by atoms with Crippen molar-refractivity contribution in [1.82, 2.24) is 23.8 Å². The molecule has 0 spiro atoms. The van der Waals surface area contributed by atoms with Gasteiger partial charge in [-0.1, -0.05) is 13.8 Å². The van der Waals surface area contributed by atoms with Gasteiger partial charge in [-0.15, -0.1) is 0 Å². The van der Waals surface area contributed by atoms with Crippen LogP contribution in [0.3, 0.4) is 0 Å². The minimum absolute atomic E-state index is 0.140. The summed E-state index contributed by atoms with van der Waals surface area (Å²) < 4.78 is 29.1. The van der Waals surface area contributed by atoms with Gasteiger partial charge in [0.1, 0.15) is 18.0 Å². The van der Waals surface area contributed by atoms with Crippen LogP contribution in [0.5, 0.6) is 0 Å². The van der Waals surface area contributed by atoms with Gasteiger partial charge in [0, 0.05) is 50.1 Å². The summed E-state index contributed by atoms with van der Waals surface area (Å²) in [5.41, 5.74) is 0.902. The molecule has 1 fully saturated rings. The lowest BCUT2D eigenvalue weighted by Gasteiger charge is -2.31. The quantitative estimate of drug-likeness (QED) is 0.854. The molecule has 8 nitrogen and oxygen atoms in total. The van der Waals surface area contributed by atoms with Crippen molar-refractivity contribution in [2.45, 2.75) is 50.6 Å². The normalized spacial score (nSPS) is 17.0. The molecule has 0 radical (unpaired) electrons. The van der Waals surface area contributed by atoms with E-state index in [-0.39, 0.29) is 17.0 Å². The largest absolute Gasteiger partial charge is 0.367 e. The lowest BCUT2D eigenvalue weighted by molar-refractivity contribution is 0.328. The molecule has 1 aliphatic rings. The third kappa shape index (κ3) is 3.88. The average Bonchev–Trinajstić information content (AvgIpc) is 2.98. The van der Waals surface area contributed by atoms with E-state index in [0.717, 1.165) is 30.2 Å². The number of sulfonamides is 1. The van der Waals surface area contributed by atoms with E-state index in [1.165, 1.54) is 10.6 Å². The van der Waals surface area contributed by atoms with Gasteiger partial charge in [0.05, 0.1) is 0 Å². The Morgan fingerprint density at radius 2 is 1.92 bits per heavy atom. The zero-order chi connectivity index (χ0) is 18.9. The maximum atomic E-state index is 12.9. The highest BCUT2D eigenvalue weighted by Gasteiger charge is 2.32. The Kier molecular flexibility index (Phi) is 5.29. The van der Waals surface area contributed by atoms with Crippen LogP contribution >= 0.6 is 0 Å². The molecule has 0 saturated carbocycles. The predicted octanol–water partition coefficient (Wildman–Crippen LogP) is 1.91. The maximum absolute atomic E-state index is 12.9. The van der Waals surface area contributed by atoms with Crippen molar-refractivity contribution in [3.05, 3.63) is 30.1 Å². The summed E-state index contributed by atoms with van der Waals surface area (Å²) in [6, 6.07) is 2.09. The fraction of sp³-hybridized carbons (Fsp3) is 0.588. The lowest BCUT2D eigenvalue weighted by Crippen LogP contribution is -2.42. The van der Waals surface area contributed by atoms with Gasteiger partial charge in [0.25, 0.3) is 10.0 Å². The van der Waals surface area contributed by atoms with Crippen molar-refractivity contribution in [2.75, 3.05) is 18.4 Å². The van der Waals surface area contributed by atoms with Gasteiger partial charge < -0.3 is 9.88 Å². The van der Waals surface area contributed by atoms with Gasteiger partial charge in [-0.3, -0.25) is 0 Å². The summed E-state index contributed by atoms with van der Waals surface area (Å²) in [6.07, 6.45) is 4.60. The number of nitrogens with zero attached hydrogens (tertiary/aromatic N) is 5. The summed E-state index contributed by atoms with van der Waals surface area (Å²) in [5.74, 6) is 1.74. The lowest BCUT2D eigenvalue weighted by atomic mass is 10.1. The van der Waals surface area contributed by atoms with Gasteiger partial charge in [-0.2, -0.15) is 4.31 Å². The molecule has 1 aliphatic heterocycles. The van der Waals surface area contributed by atoms with E-state index in [1.54, 1.807) is 10.8 Å². The molecule has 9 heteroatoms. The van der Waals surface area contributed by atoms with Crippen molar-refractivity contribution in [3.63, 3.8) is 0 Å². The Hall–Kier alpha value is -2.00. The monoisotopic (exact) mass is 378 g/mol. The molecule has 0 aromatic carbocycles. The number of aryl methyl sites for hydroxylation is 2. The third-order valence-electron chi connectivity index (χ3n) is 4.62. The Labute approximate surface area is 154 Å². The number of anilines is 1. The van der Waals surface area contributed by atoms with E-state index in [9.17, 15) is 8.42 Å². The van der Waals surface area contributed by atoms with Gasteiger partial charge in [-0.05, 0) is 19.8 Å². The smallest absolute Gasteiger partial charge is 0.262 e. The van der Waals surface area contributed by atoms with Crippen LogP contribution in [0.25, 0.3) is 0 Å². The second-order valence-corrected chi connectivity index (χ2v) is 8.96. The first-order valence-electron chi connectivity index (χ1n) is 8.86. The predicted molar refractivity (Wildman–Crippen MR) is 99.5 cm³/mol. The average molecular weight is 379 g/mol. The molecule has 142 valence electrons. The fourth-order valence-electron chi connectivity index (χ4n) is 3.23. The Bertz CT molecular complexity index is 869. The molecule has 3 heterocycles. The molecular weight excluding hydrogens is 352 g/mol. The SMILES string of the molecule is Cc1cc(NC2CCN(S(=O)(=O)c3cn(C)c(C(C)C)n3)CC2)ncn1. The van der Waals surface area contributed by atoms with Crippen LogP contribution in [-0.2, 0) is 17.1 Å². The number of hydrogen-bond donors (Lipinski definition) is 1. The number of aromatic nitrogens is 4. The Morgan fingerprint density at radius 3 is 2.50 bits per heavy atom. The molecule has 2 aromatic rings. The van der Waals surface area contributed by atoms with Crippen molar-refractivity contribution in [1.29, 1.82) is 0 Å². The van der Waals surface area contributed by atoms with Gasteiger partial charge in [0.2, 0.25) is 0 Å². The molecule has 3 rings (SSSR count). The van der Waals surface area contributed by atoms with Gasteiger partial charge in [-0.25, -0.2) is 23.4 Å². The second kappa shape index (κ2) is 7.32. The van der Waals surface area contributed by atoms with Crippen LogP contribution in [0, 0.1) is 6.92 Å².